The standard InChI is InChI=1S/C18H24N4OS/c1-21(13-16-4-2-11-24-16)15-12-18(23-14-15)5-9-22(10-6-18)17-19-7-3-8-20-17/h2-4,7-8,11,15H,5-6,9-10,12-14H2,1H3/t15-/m0/s1. The lowest BCUT2D eigenvalue weighted by atomic mass is 9.87. The first-order valence-corrected chi connectivity index (χ1v) is 9.51. The van der Waals surface area contributed by atoms with Crippen LogP contribution in [0.4, 0.5) is 5.95 Å². The fourth-order valence-electron chi connectivity index (χ4n) is 3.80. The second-order valence-corrected chi connectivity index (χ2v) is 7.91. The van der Waals surface area contributed by atoms with E-state index in [2.05, 4.69) is 44.3 Å². The van der Waals surface area contributed by atoms with Crippen LogP contribution >= 0.6 is 11.3 Å². The first kappa shape index (κ1) is 16.0. The lowest BCUT2D eigenvalue weighted by Gasteiger charge is -2.38. The summed E-state index contributed by atoms with van der Waals surface area (Å²) in [5.41, 5.74) is 0.0552. The van der Waals surface area contributed by atoms with Crippen LogP contribution in [0, 0.1) is 0 Å². The van der Waals surface area contributed by atoms with Crippen LogP contribution in [0.1, 0.15) is 24.1 Å². The molecule has 0 aromatic carbocycles. The number of piperidine rings is 1. The van der Waals surface area contributed by atoms with E-state index in [-0.39, 0.29) is 5.60 Å². The van der Waals surface area contributed by atoms with Crippen molar-refractivity contribution in [2.45, 2.75) is 37.5 Å². The molecule has 1 spiro atoms. The van der Waals surface area contributed by atoms with Gasteiger partial charge in [0.25, 0.3) is 0 Å². The van der Waals surface area contributed by atoms with Crippen LogP contribution in [0.15, 0.2) is 36.0 Å². The van der Waals surface area contributed by atoms with Gasteiger partial charge in [-0.3, -0.25) is 4.90 Å². The van der Waals surface area contributed by atoms with E-state index in [1.165, 1.54) is 4.88 Å². The molecular formula is C18H24N4OS. The van der Waals surface area contributed by atoms with Gasteiger partial charge < -0.3 is 9.64 Å². The SMILES string of the molecule is CN(Cc1cccs1)[C@@H]1COC2(CCN(c3ncccn3)CC2)C1. The van der Waals surface area contributed by atoms with E-state index >= 15 is 0 Å². The van der Waals surface area contributed by atoms with Crippen LogP contribution in [0.2, 0.25) is 0 Å². The van der Waals surface area contributed by atoms with Gasteiger partial charge in [-0.05, 0) is 43.8 Å². The molecule has 0 amide bonds. The van der Waals surface area contributed by atoms with Crippen molar-refractivity contribution in [3.05, 3.63) is 40.8 Å². The fraction of sp³-hybridized carbons (Fsp3) is 0.556. The normalized spacial score (nSPS) is 23.2. The van der Waals surface area contributed by atoms with E-state index in [0.717, 1.165) is 51.5 Å². The summed E-state index contributed by atoms with van der Waals surface area (Å²) in [6.07, 6.45) is 6.89. The van der Waals surface area contributed by atoms with Crippen LogP contribution in [0.3, 0.4) is 0 Å². The molecule has 2 aliphatic heterocycles. The highest BCUT2D eigenvalue weighted by Crippen LogP contribution is 2.38. The first-order chi connectivity index (χ1) is 11.7. The summed E-state index contributed by atoms with van der Waals surface area (Å²) in [5, 5.41) is 2.15. The molecule has 0 unspecified atom stereocenters. The van der Waals surface area contributed by atoms with E-state index < -0.39 is 0 Å². The van der Waals surface area contributed by atoms with Crippen molar-refractivity contribution in [2.75, 3.05) is 31.6 Å². The second-order valence-electron chi connectivity index (χ2n) is 6.88. The Morgan fingerprint density at radius 1 is 1.29 bits per heavy atom. The molecule has 1 atom stereocenters. The highest BCUT2D eigenvalue weighted by atomic mass is 32.1. The minimum atomic E-state index is 0.0552. The molecular weight excluding hydrogens is 320 g/mol. The zero-order valence-corrected chi connectivity index (χ0v) is 14.9. The van der Waals surface area contributed by atoms with Crippen molar-refractivity contribution in [3.63, 3.8) is 0 Å². The molecule has 4 rings (SSSR count). The predicted octanol–water partition coefficient (Wildman–Crippen LogP) is 2.80. The number of hydrogen-bond donors (Lipinski definition) is 0. The van der Waals surface area contributed by atoms with Crippen LogP contribution < -0.4 is 4.90 Å². The Hall–Kier alpha value is -1.50. The smallest absolute Gasteiger partial charge is 0.225 e. The third kappa shape index (κ3) is 3.31. The third-order valence-electron chi connectivity index (χ3n) is 5.31. The Labute approximate surface area is 147 Å². The summed E-state index contributed by atoms with van der Waals surface area (Å²) in [4.78, 5) is 14.9. The number of rotatable bonds is 4. The minimum Gasteiger partial charge on any atom is -0.373 e. The lowest BCUT2D eigenvalue weighted by Crippen LogP contribution is -2.45. The Balaban J connectivity index is 1.33. The van der Waals surface area contributed by atoms with Gasteiger partial charge in [-0.25, -0.2) is 9.97 Å². The molecule has 0 saturated carbocycles. The zero-order chi connectivity index (χ0) is 16.4. The monoisotopic (exact) mass is 344 g/mol. The fourth-order valence-corrected chi connectivity index (χ4v) is 4.57. The van der Waals surface area contributed by atoms with E-state index in [0.29, 0.717) is 6.04 Å². The van der Waals surface area contributed by atoms with E-state index in [1.807, 2.05) is 29.8 Å². The molecule has 0 radical (unpaired) electrons. The number of hydrogen-bond acceptors (Lipinski definition) is 6. The molecule has 2 saturated heterocycles. The highest BCUT2D eigenvalue weighted by molar-refractivity contribution is 7.09. The summed E-state index contributed by atoms with van der Waals surface area (Å²) in [6.45, 7) is 3.83. The van der Waals surface area contributed by atoms with Crippen LogP contribution in [0.5, 0.6) is 0 Å². The summed E-state index contributed by atoms with van der Waals surface area (Å²) in [5.74, 6) is 0.844. The number of thiophene rings is 1. The topological polar surface area (TPSA) is 41.5 Å². The Kier molecular flexibility index (Phi) is 4.52. The molecule has 128 valence electrons. The minimum absolute atomic E-state index is 0.0552. The molecule has 6 heteroatoms. The van der Waals surface area contributed by atoms with Crippen molar-refractivity contribution in [1.29, 1.82) is 0 Å². The Morgan fingerprint density at radius 2 is 2.08 bits per heavy atom. The molecule has 2 fully saturated rings. The number of anilines is 1. The zero-order valence-electron chi connectivity index (χ0n) is 14.1. The molecule has 0 aliphatic carbocycles. The predicted molar refractivity (Wildman–Crippen MR) is 96.4 cm³/mol. The number of ether oxygens (including phenoxy) is 1. The average molecular weight is 344 g/mol. The second kappa shape index (κ2) is 6.78. The van der Waals surface area contributed by atoms with E-state index in [4.69, 9.17) is 4.74 Å². The van der Waals surface area contributed by atoms with Crippen molar-refractivity contribution in [1.82, 2.24) is 14.9 Å². The van der Waals surface area contributed by atoms with E-state index in [1.54, 1.807) is 0 Å². The molecule has 2 aromatic heterocycles. The van der Waals surface area contributed by atoms with Gasteiger partial charge >= 0.3 is 0 Å². The summed E-state index contributed by atoms with van der Waals surface area (Å²) >= 11 is 1.83. The van der Waals surface area contributed by atoms with Gasteiger partial charge in [0.05, 0.1) is 12.2 Å². The quantitative estimate of drug-likeness (QED) is 0.853. The molecule has 24 heavy (non-hydrogen) atoms. The number of likely N-dealkylation sites (N-methyl/N-ethyl adjacent to an activating group) is 1. The number of aromatic nitrogens is 2. The van der Waals surface area contributed by atoms with Crippen molar-refractivity contribution < 1.29 is 4.74 Å². The molecule has 5 nitrogen and oxygen atoms in total. The first-order valence-electron chi connectivity index (χ1n) is 8.63. The van der Waals surface area contributed by atoms with Crippen molar-refractivity contribution in [3.8, 4) is 0 Å². The highest BCUT2D eigenvalue weighted by Gasteiger charge is 2.44. The van der Waals surface area contributed by atoms with Gasteiger partial charge in [0.1, 0.15) is 0 Å². The molecule has 0 bridgehead atoms. The summed E-state index contributed by atoms with van der Waals surface area (Å²) in [7, 11) is 2.22. The molecule has 2 aromatic rings. The van der Waals surface area contributed by atoms with Gasteiger partial charge in [0, 0.05) is 42.9 Å². The molecule has 2 aliphatic rings. The van der Waals surface area contributed by atoms with Crippen LogP contribution in [-0.4, -0.2) is 53.3 Å². The Bertz CT molecular complexity index is 640. The van der Waals surface area contributed by atoms with E-state index in [9.17, 15) is 0 Å². The number of nitrogens with zero attached hydrogens (tertiary/aromatic N) is 4. The molecule has 0 N–H and O–H groups in total. The van der Waals surface area contributed by atoms with Crippen molar-refractivity contribution >= 4 is 17.3 Å². The molecule has 4 heterocycles. The Morgan fingerprint density at radius 3 is 2.79 bits per heavy atom. The van der Waals surface area contributed by atoms with Gasteiger partial charge in [0.2, 0.25) is 5.95 Å². The summed E-state index contributed by atoms with van der Waals surface area (Å²) < 4.78 is 6.31. The summed E-state index contributed by atoms with van der Waals surface area (Å²) in [6, 6.07) is 6.72. The maximum absolute atomic E-state index is 6.31. The largest absolute Gasteiger partial charge is 0.373 e. The lowest BCUT2D eigenvalue weighted by molar-refractivity contribution is -0.0159. The van der Waals surface area contributed by atoms with Gasteiger partial charge in [-0.2, -0.15) is 0 Å². The van der Waals surface area contributed by atoms with Crippen LogP contribution in [-0.2, 0) is 11.3 Å². The van der Waals surface area contributed by atoms with Gasteiger partial charge in [0.15, 0.2) is 0 Å². The van der Waals surface area contributed by atoms with Gasteiger partial charge in [-0.1, -0.05) is 6.07 Å². The maximum Gasteiger partial charge on any atom is 0.225 e. The maximum atomic E-state index is 6.31. The van der Waals surface area contributed by atoms with Crippen LogP contribution in [0.25, 0.3) is 0 Å². The third-order valence-corrected chi connectivity index (χ3v) is 6.17. The average Bonchev–Trinajstić information content (AvgIpc) is 3.27. The van der Waals surface area contributed by atoms with Gasteiger partial charge in [-0.15, -0.1) is 11.3 Å². The van der Waals surface area contributed by atoms with Crippen molar-refractivity contribution in [2.24, 2.45) is 0 Å².